The Kier molecular flexibility index (Phi) is 4.52. The molecule has 108 valence electrons. The van der Waals surface area contributed by atoms with Gasteiger partial charge in [-0.05, 0) is 6.07 Å². The first kappa shape index (κ1) is 14.3. The molecule has 1 aliphatic heterocycles. The first-order chi connectivity index (χ1) is 9.58. The highest BCUT2D eigenvalue weighted by Gasteiger charge is 2.21. The largest absolute Gasteiger partial charge is 0.506 e. The van der Waals surface area contributed by atoms with E-state index < -0.39 is 0 Å². The molecule has 2 heterocycles. The maximum absolute atomic E-state index is 12.1. The number of piperazine rings is 1. The maximum Gasteiger partial charge on any atom is 0.255 e. The first-order valence-electron chi connectivity index (χ1n) is 6.46. The molecule has 1 fully saturated rings. The fraction of sp³-hybridized carbons (Fsp3) is 0.462. The molecular weight excluding hydrogens is 260 g/mol. The number of amides is 2. The van der Waals surface area contributed by atoms with E-state index >= 15 is 0 Å². The Labute approximate surface area is 117 Å². The Morgan fingerprint density at radius 3 is 2.75 bits per heavy atom. The van der Waals surface area contributed by atoms with Crippen molar-refractivity contribution in [3.63, 3.8) is 0 Å². The number of carbonyl (C=O) groups excluding carboxylic acids is 2. The molecule has 0 aliphatic carbocycles. The van der Waals surface area contributed by atoms with E-state index in [0.29, 0.717) is 13.1 Å². The van der Waals surface area contributed by atoms with Gasteiger partial charge in [-0.15, -0.1) is 0 Å². The topological polar surface area (TPSA) is 85.8 Å². The van der Waals surface area contributed by atoms with E-state index in [1.807, 2.05) is 0 Å². The normalized spacial score (nSPS) is 14.9. The summed E-state index contributed by atoms with van der Waals surface area (Å²) in [6.07, 6.45) is 2.62. The van der Waals surface area contributed by atoms with Crippen molar-refractivity contribution < 1.29 is 14.7 Å². The Balaban J connectivity index is 1.95. The lowest BCUT2D eigenvalue weighted by atomic mass is 10.2. The van der Waals surface area contributed by atoms with Crippen LogP contribution < -0.4 is 5.32 Å². The van der Waals surface area contributed by atoms with Gasteiger partial charge in [-0.25, -0.2) is 0 Å². The molecule has 0 spiro atoms. The van der Waals surface area contributed by atoms with Gasteiger partial charge in [-0.3, -0.25) is 14.6 Å². The van der Waals surface area contributed by atoms with Crippen LogP contribution in [0.3, 0.4) is 0 Å². The van der Waals surface area contributed by atoms with Gasteiger partial charge in [0.05, 0.1) is 18.3 Å². The van der Waals surface area contributed by atoms with E-state index in [0.717, 1.165) is 13.1 Å². The number of hydrogen-bond donors (Lipinski definition) is 2. The standard InChI is InChI=1S/C13H18N4O3/c1-16(9-12(19)17-4-2-14-3-5-17)13(20)10-6-11(18)8-15-7-10/h6-8,14,18H,2-5,9H2,1H3. The molecule has 0 radical (unpaired) electrons. The van der Waals surface area contributed by atoms with Gasteiger partial charge in [-0.1, -0.05) is 0 Å². The van der Waals surface area contributed by atoms with E-state index in [4.69, 9.17) is 0 Å². The monoisotopic (exact) mass is 278 g/mol. The van der Waals surface area contributed by atoms with Crippen LogP contribution in [0.5, 0.6) is 5.75 Å². The van der Waals surface area contributed by atoms with Crippen LogP contribution in [-0.4, -0.2) is 71.5 Å². The number of rotatable bonds is 3. The lowest BCUT2D eigenvalue weighted by Crippen LogP contribution is -2.49. The van der Waals surface area contributed by atoms with E-state index in [1.165, 1.54) is 23.4 Å². The summed E-state index contributed by atoms with van der Waals surface area (Å²) in [5.74, 6) is -0.481. The molecule has 2 amide bonds. The van der Waals surface area contributed by atoms with E-state index in [-0.39, 0.29) is 29.7 Å². The Bertz CT molecular complexity index is 500. The molecule has 0 saturated carbocycles. The van der Waals surface area contributed by atoms with Crippen LogP contribution in [0.4, 0.5) is 0 Å². The zero-order valence-electron chi connectivity index (χ0n) is 11.4. The van der Waals surface area contributed by atoms with Crippen LogP contribution in [-0.2, 0) is 4.79 Å². The smallest absolute Gasteiger partial charge is 0.255 e. The summed E-state index contributed by atoms with van der Waals surface area (Å²) >= 11 is 0. The van der Waals surface area contributed by atoms with Crippen LogP contribution in [0.15, 0.2) is 18.5 Å². The van der Waals surface area contributed by atoms with Gasteiger partial charge in [-0.2, -0.15) is 0 Å². The molecule has 1 aliphatic rings. The molecule has 0 aromatic carbocycles. The molecule has 1 aromatic rings. The molecule has 1 saturated heterocycles. The minimum atomic E-state index is -0.336. The summed E-state index contributed by atoms with van der Waals surface area (Å²) in [6, 6.07) is 1.33. The number of carbonyl (C=O) groups is 2. The second-order valence-corrected chi connectivity index (χ2v) is 4.72. The Hall–Kier alpha value is -2.15. The minimum Gasteiger partial charge on any atom is -0.506 e. The number of hydrogen-bond acceptors (Lipinski definition) is 5. The number of aromatic hydroxyl groups is 1. The van der Waals surface area contributed by atoms with Crippen LogP contribution >= 0.6 is 0 Å². The van der Waals surface area contributed by atoms with E-state index in [1.54, 1.807) is 11.9 Å². The number of likely N-dealkylation sites (N-methyl/N-ethyl adjacent to an activating group) is 1. The summed E-state index contributed by atoms with van der Waals surface area (Å²) in [6.45, 7) is 2.90. The highest BCUT2D eigenvalue weighted by Crippen LogP contribution is 2.10. The predicted molar refractivity (Wildman–Crippen MR) is 72.3 cm³/mol. The van der Waals surface area contributed by atoms with Gasteiger partial charge < -0.3 is 20.2 Å². The van der Waals surface area contributed by atoms with Crippen molar-refractivity contribution in [1.82, 2.24) is 20.1 Å². The van der Waals surface area contributed by atoms with Crippen molar-refractivity contribution in [2.75, 3.05) is 39.8 Å². The van der Waals surface area contributed by atoms with Crippen molar-refractivity contribution in [3.8, 4) is 5.75 Å². The Morgan fingerprint density at radius 2 is 2.10 bits per heavy atom. The van der Waals surface area contributed by atoms with Crippen LogP contribution in [0, 0.1) is 0 Å². The van der Waals surface area contributed by atoms with Crippen molar-refractivity contribution in [3.05, 3.63) is 24.0 Å². The van der Waals surface area contributed by atoms with Crippen molar-refractivity contribution in [2.24, 2.45) is 0 Å². The van der Waals surface area contributed by atoms with Crippen molar-refractivity contribution in [2.45, 2.75) is 0 Å². The molecule has 2 N–H and O–H groups in total. The lowest BCUT2D eigenvalue weighted by Gasteiger charge is -2.29. The maximum atomic E-state index is 12.1. The molecule has 20 heavy (non-hydrogen) atoms. The quantitative estimate of drug-likeness (QED) is 0.763. The second-order valence-electron chi connectivity index (χ2n) is 4.72. The van der Waals surface area contributed by atoms with Gasteiger partial charge in [0.2, 0.25) is 5.91 Å². The zero-order valence-corrected chi connectivity index (χ0v) is 11.4. The summed E-state index contributed by atoms with van der Waals surface area (Å²) in [4.78, 5) is 31.0. The third-order valence-corrected chi connectivity index (χ3v) is 3.16. The molecule has 0 atom stereocenters. The highest BCUT2D eigenvalue weighted by molar-refractivity contribution is 5.96. The summed E-state index contributed by atoms with van der Waals surface area (Å²) in [5.41, 5.74) is 0.264. The zero-order chi connectivity index (χ0) is 14.5. The summed E-state index contributed by atoms with van der Waals surface area (Å²) in [5, 5.41) is 12.5. The van der Waals surface area contributed by atoms with Gasteiger partial charge >= 0.3 is 0 Å². The van der Waals surface area contributed by atoms with E-state index in [2.05, 4.69) is 10.3 Å². The summed E-state index contributed by atoms with van der Waals surface area (Å²) in [7, 11) is 1.56. The third-order valence-electron chi connectivity index (χ3n) is 3.16. The van der Waals surface area contributed by atoms with Crippen LogP contribution in [0.25, 0.3) is 0 Å². The van der Waals surface area contributed by atoms with Gasteiger partial charge in [0.25, 0.3) is 5.91 Å². The van der Waals surface area contributed by atoms with Gasteiger partial charge in [0, 0.05) is 39.4 Å². The second kappa shape index (κ2) is 6.33. The third kappa shape index (κ3) is 3.45. The van der Waals surface area contributed by atoms with Crippen LogP contribution in [0.2, 0.25) is 0 Å². The lowest BCUT2D eigenvalue weighted by molar-refractivity contribution is -0.132. The number of pyridine rings is 1. The average Bonchev–Trinajstić information content (AvgIpc) is 2.47. The number of aromatic nitrogens is 1. The summed E-state index contributed by atoms with van der Waals surface area (Å²) < 4.78 is 0. The Morgan fingerprint density at radius 1 is 1.40 bits per heavy atom. The van der Waals surface area contributed by atoms with Crippen molar-refractivity contribution >= 4 is 11.8 Å². The van der Waals surface area contributed by atoms with Crippen molar-refractivity contribution in [1.29, 1.82) is 0 Å². The molecular formula is C13H18N4O3. The highest BCUT2D eigenvalue weighted by atomic mass is 16.3. The minimum absolute atomic E-state index is 0.0223. The fourth-order valence-electron chi connectivity index (χ4n) is 2.05. The van der Waals surface area contributed by atoms with Gasteiger partial charge in [0.15, 0.2) is 0 Å². The molecule has 2 rings (SSSR count). The molecule has 0 unspecified atom stereocenters. The van der Waals surface area contributed by atoms with Gasteiger partial charge in [0.1, 0.15) is 5.75 Å². The predicted octanol–water partition coefficient (Wildman–Crippen LogP) is -0.709. The molecule has 0 bridgehead atoms. The first-order valence-corrected chi connectivity index (χ1v) is 6.46. The number of nitrogens with zero attached hydrogens (tertiary/aromatic N) is 3. The van der Waals surface area contributed by atoms with E-state index in [9.17, 15) is 14.7 Å². The molecule has 7 nitrogen and oxygen atoms in total. The average molecular weight is 278 g/mol. The number of nitrogens with one attached hydrogen (secondary N) is 1. The van der Waals surface area contributed by atoms with Crippen LogP contribution in [0.1, 0.15) is 10.4 Å². The molecule has 1 aromatic heterocycles. The molecule has 7 heteroatoms. The fourth-order valence-corrected chi connectivity index (χ4v) is 2.05. The SMILES string of the molecule is CN(CC(=O)N1CCNCC1)C(=O)c1cncc(O)c1.